The molecule has 3 heteroatoms. The Morgan fingerprint density at radius 3 is 2.17 bits per heavy atom. The Morgan fingerprint density at radius 1 is 0.944 bits per heavy atom. The molecule has 0 aliphatic heterocycles. The Hall–Kier alpha value is -0.120. The van der Waals surface area contributed by atoms with Crippen molar-refractivity contribution in [3.63, 3.8) is 0 Å². The molecule has 0 saturated heterocycles. The number of fused-ring (bicyclic) bond motifs is 3. The molecule has 3 saturated carbocycles. The molecule has 0 aromatic heterocycles. The average Bonchev–Trinajstić information content (AvgIpc) is 2.72. The first-order valence-electron chi connectivity index (χ1n) is 7.30. The van der Waals surface area contributed by atoms with E-state index >= 15 is 0 Å². The highest BCUT2D eigenvalue weighted by Gasteiger charge is 2.70. The van der Waals surface area contributed by atoms with E-state index in [-0.39, 0.29) is 18.4 Å². The smallest absolute Gasteiger partial charge is 0.0909 e. The van der Waals surface area contributed by atoms with Crippen LogP contribution in [0.5, 0.6) is 0 Å². The van der Waals surface area contributed by atoms with E-state index in [4.69, 9.17) is 0 Å². The van der Waals surface area contributed by atoms with E-state index in [9.17, 15) is 15.3 Å². The van der Waals surface area contributed by atoms with Gasteiger partial charge in [0.2, 0.25) is 0 Å². The molecule has 0 spiro atoms. The molecule has 3 aliphatic carbocycles. The van der Waals surface area contributed by atoms with Crippen LogP contribution < -0.4 is 0 Å². The van der Waals surface area contributed by atoms with E-state index in [0.29, 0.717) is 23.7 Å². The molecular formula is C15H26O3. The first-order valence-corrected chi connectivity index (χ1v) is 7.30. The van der Waals surface area contributed by atoms with E-state index < -0.39 is 11.2 Å². The highest BCUT2D eigenvalue weighted by Crippen LogP contribution is 2.71. The first kappa shape index (κ1) is 12.9. The molecule has 0 radical (unpaired) electrons. The van der Waals surface area contributed by atoms with Crippen LogP contribution in [0, 0.1) is 29.1 Å². The van der Waals surface area contributed by atoms with Crippen LogP contribution in [0.25, 0.3) is 0 Å². The second-order valence-corrected chi connectivity index (χ2v) is 7.78. The zero-order valence-electron chi connectivity index (χ0n) is 11.7. The Balaban J connectivity index is 1.99. The van der Waals surface area contributed by atoms with Gasteiger partial charge in [-0.15, -0.1) is 0 Å². The van der Waals surface area contributed by atoms with Crippen LogP contribution in [0.1, 0.15) is 46.5 Å². The van der Waals surface area contributed by atoms with Crippen molar-refractivity contribution in [2.75, 3.05) is 6.61 Å². The van der Waals surface area contributed by atoms with Gasteiger partial charge in [0.05, 0.1) is 17.8 Å². The fraction of sp³-hybridized carbons (Fsp3) is 1.00. The topological polar surface area (TPSA) is 60.7 Å². The molecule has 3 aliphatic rings. The summed E-state index contributed by atoms with van der Waals surface area (Å²) in [4.78, 5) is 0. The monoisotopic (exact) mass is 254 g/mol. The number of hydrogen-bond acceptors (Lipinski definition) is 3. The first-order chi connectivity index (χ1) is 8.24. The lowest BCUT2D eigenvalue weighted by atomic mass is 9.72. The largest absolute Gasteiger partial charge is 0.393 e. The second-order valence-electron chi connectivity index (χ2n) is 7.78. The molecule has 3 nitrogen and oxygen atoms in total. The van der Waals surface area contributed by atoms with Gasteiger partial charge in [-0.25, -0.2) is 0 Å². The number of hydrogen-bond donors (Lipinski definition) is 3. The van der Waals surface area contributed by atoms with Crippen molar-refractivity contribution in [3.8, 4) is 0 Å². The quantitative estimate of drug-likeness (QED) is 0.665. The SMILES string of the molecule is CC1(C)[C@@H]2CC[C@](O)(CO)C3CC[C@](C)(O)C3[C@@H]21. The summed E-state index contributed by atoms with van der Waals surface area (Å²) in [5.41, 5.74) is -1.34. The summed E-state index contributed by atoms with van der Waals surface area (Å²) in [6.45, 7) is 6.34. The van der Waals surface area contributed by atoms with Crippen molar-refractivity contribution in [2.45, 2.75) is 57.7 Å². The summed E-state index contributed by atoms with van der Waals surface area (Å²) in [5.74, 6) is 1.34. The Bertz CT molecular complexity index is 363. The van der Waals surface area contributed by atoms with Gasteiger partial charge >= 0.3 is 0 Å². The molecular weight excluding hydrogens is 228 g/mol. The van der Waals surface area contributed by atoms with Crippen LogP contribution >= 0.6 is 0 Å². The molecule has 18 heavy (non-hydrogen) atoms. The maximum Gasteiger partial charge on any atom is 0.0909 e. The van der Waals surface area contributed by atoms with Crippen molar-refractivity contribution in [1.29, 1.82) is 0 Å². The molecule has 0 aromatic rings. The molecule has 104 valence electrons. The van der Waals surface area contributed by atoms with Crippen molar-refractivity contribution in [1.82, 2.24) is 0 Å². The van der Waals surface area contributed by atoms with Crippen LogP contribution in [0.4, 0.5) is 0 Å². The molecule has 0 aromatic carbocycles. The van der Waals surface area contributed by atoms with Crippen molar-refractivity contribution in [3.05, 3.63) is 0 Å². The minimum Gasteiger partial charge on any atom is -0.393 e. The third kappa shape index (κ3) is 1.47. The summed E-state index contributed by atoms with van der Waals surface area (Å²) in [6, 6.07) is 0. The van der Waals surface area contributed by atoms with Crippen LogP contribution in [-0.4, -0.2) is 33.1 Å². The predicted octanol–water partition coefficient (Wildman–Crippen LogP) is 1.55. The molecule has 3 N–H and O–H groups in total. The zero-order chi connectivity index (χ0) is 13.3. The highest BCUT2D eigenvalue weighted by molar-refractivity contribution is 5.18. The summed E-state index contributed by atoms with van der Waals surface area (Å²) >= 11 is 0. The summed E-state index contributed by atoms with van der Waals surface area (Å²) < 4.78 is 0. The molecule has 0 amide bonds. The minimum absolute atomic E-state index is 0.0641. The zero-order valence-corrected chi connectivity index (χ0v) is 11.7. The maximum absolute atomic E-state index is 10.7. The number of aliphatic hydroxyl groups excluding tert-OH is 1. The van der Waals surface area contributed by atoms with Crippen LogP contribution in [-0.2, 0) is 0 Å². The fourth-order valence-electron chi connectivity index (χ4n) is 5.31. The normalized spacial score (nSPS) is 57.7. The van der Waals surface area contributed by atoms with Gasteiger partial charge in [-0.05, 0) is 61.7 Å². The molecule has 6 atom stereocenters. The Labute approximate surface area is 109 Å². The van der Waals surface area contributed by atoms with E-state index in [0.717, 1.165) is 19.3 Å². The minimum atomic E-state index is -0.964. The van der Waals surface area contributed by atoms with Gasteiger partial charge in [0.15, 0.2) is 0 Å². The van der Waals surface area contributed by atoms with Crippen molar-refractivity contribution >= 4 is 0 Å². The van der Waals surface area contributed by atoms with Gasteiger partial charge in [-0.2, -0.15) is 0 Å². The lowest BCUT2D eigenvalue weighted by Gasteiger charge is -2.39. The fourth-order valence-corrected chi connectivity index (χ4v) is 5.31. The van der Waals surface area contributed by atoms with Gasteiger partial charge in [0.25, 0.3) is 0 Å². The molecule has 3 fully saturated rings. The van der Waals surface area contributed by atoms with Gasteiger partial charge in [0, 0.05) is 0 Å². The summed E-state index contributed by atoms with van der Waals surface area (Å²) in [5, 5.41) is 31.0. The Kier molecular flexibility index (Phi) is 2.51. The molecule has 0 heterocycles. The van der Waals surface area contributed by atoms with Gasteiger partial charge in [-0.3, -0.25) is 0 Å². The number of aliphatic hydroxyl groups is 3. The maximum atomic E-state index is 10.7. The predicted molar refractivity (Wildman–Crippen MR) is 68.9 cm³/mol. The lowest BCUT2D eigenvalue weighted by molar-refractivity contribution is -0.101. The second kappa shape index (κ2) is 3.50. The van der Waals surface area contributed by atoms with Gasteiger partial charge < -0.3 is 15.3 Å². The van der Waals surface area contributed by atoms with E-state index in [1.807, 2.05) is 6.92 Å². The molecule has 0 bridgehead atoms. The highest BCUT2D eigenvalue weighted by atomic mass is 16.3. The van der Waals surface area contributed by atoms with Crippen molar-refractivity contribution < 1.29 is 15.3 Å². The third-order valence-corrected chi connectivity index (χ3v) is 6.49. The van der Waals surface area contributed by atoms with E-state index in [1.165, 1.54) is 0 Å². The standard InChI is InChI=1S/C15H26O3/c1-13(2)9-5-7-15(18,8-16)10-4-6-14(3,17)12(10)11(9)13/h9-12,16-18H,4-8H2,1-3H3/t9-,10?,11-,12?,14+,15+/m1/s1. The van der Waals surface area contributed by atoms with Crippen LogP contribution in [0.3, 0.4) is 0 Å². The summed E-state index contributed by atoms with van der Waals surface area (Å²) in [6.07, 6.45) is 3.26. The molecule has 3 rings (SSSR count). The molecule has 2 unspecified atom stereocenters. The average molecular weight is 254 g/mol. The summed E-state index contributed by atoms with van der Waals surface area (Å²) in [7, 11) is 0. The van der Waals surface area contributed by atoms with Crippen LogP contribution in [0.15, 0.2) is 0 Å². The van der Waals surface area contributed by atoms with Gasteiger partial charge in [-0.1, -0.05) is 13.8 Å². The van der Waals surface area contributed by atoms with Gasteiger partial charge in [0.1, 0.15) is 0 Å². The van der Waals surface area contributed by atoms with E-state index in [2.05, 4.69) is 13.8 Å². The third-order valence-electron chi connectivity index (χ3n) is 6.49. The lowest BCUT2D eigenvalue weighted by Crippen LogP contribution is -2.47. The van der Waals surface area contributed by atoms with Crippen molar-refractivity contribution in [2.24, 2.45) is 29.1 Å². The number of rotatable bonds is 1. The Morgan fingerprint density at radius 2 is 1.56 bits per heavy atom. The van der Waals surface area contributed by atoms with E-state index in [1.54, 1.807) is 0 Å². The van der Waals surface area contributed by atoms with Crippen LogP contribution in [0.2, 0.25) is 0 Å².